The fourth-order valence-corrected chi connectivity index (χ4v) is 6.32. The molecule has 4 aromatic rings. The lowest BCUT2D eigenvalue weighted by molar-refractivity contribution is 0.254. The van der Waals surface area contributed by atoms with E-state index in [0.29, 0.717) is 48.3 Å². The van der Waals surface area contributed by atoms with E-state index >= 15 is 0 Å². The minimum absolute atomic E-state index is 0.0895. The van der Waals surface area contributed by atoms with Gasteiger partial charge in [0.05, 0.1) is 28.3 Å². The highest BCUT2D eigenvalue weighted by molar-refractivity contribution is 7.93. The quantitative estimate of drug-likeness (QED) is 0.248. The van der Waals surface area contributed by atoms with Gasteiger partial charge >= 0.3 is 0 Å². The van der Waals surface area contributed by atoms with Crippen molar-refractivity contribution in [1.29, 1.82) is 0 Å². The van der Waals surface area contributed by atoms with Crippen LogP contribution in [0, 0.1) is 6.92 Å². The van der Waals surface area contributed by atoms with Crippen molar-refractivity contribution in [2.24, 2.45) is 0 Å². The van der Waals surface area contributed by atoms with Crippen LogP contribution >= 0.6 is 0 Å². The van der Waals surface area contributed by atoms with Gasteiger partial charge in [-0.3, -0.25) is 0 Å². The van der Waals surface area contributed by atoms with Crippen molar-refractivity contribution in [3.8, 4) is 22.9 Å². The van der Waals surface area contributed by atoms with Gasteiger partial charge in [0.15, 0.2) is 0 Å². The standard InChI is InChI=1S/C29H31FN6O2S/c1-18-14-26(36-39(37)21-6-4-7-21)22-8-2-3-9-23(22)27(18)38-28-24(10-5-12-32-28)25-11-13-33-29(35-25)34-20-15-19(30)16-31-17-20/h2-3,5,8-14,19-21,31,36H,4,6-7,15-17H2,1H3,(H,33,34,35). The Kier molecular flexibility index (Phi) is 7.49. The number of fused-ring (bicyclic) bond motifs is 1. The molecule has 3 heterocycles. The van der Waals surface area contributed by atoms with Crippen LogP contribution in [-0.2, 0) is 11.4 Å². The van der Waals surface area contributed by atoms with Crippen LogP contribution in [0.4, 0.5) is 16.0 Å². The van der Waals surface area contributed by atoms with E-state index in [1.165, 1.54) is 0 Å². The molecule has 1 aliphatic heterocycles. The summed E-state index contributed by atoms with van der Waals surface area (Å²) in [6.45, 7) is 3.00. The van der Waals surface area contributed by atoms with E-state index in [9.17, 15) is 8.94 Å². The number of alkyl halides is 1. The van der Waals surface area contributed by atoms with Gasteiger partial charge in [-0.1, -0.05) is 24.3 Å². The van der Waals surface area contributed by atoms with Crippen molar-refractivity contribution in [3.05, 3.63) is 66.5 Å². The van der Waals surface area contributed by atoms with Crippen molar-refractivity contribution >= 4 is 33.8 Å². The molecule has 2 aromatic heterocycles. The second-order valence-corrected chi connectivity index (χ2v) is 11.6. The van der Waals surface area contributed by atoms with E-state index in [2.05, 4.69) is 30.3 Å². The molecule has 2 aliphatic rings. The first kappa shape index (κ1) is 25.8. The molecule has 39 heavy (non-hydrogen) atoms. The van der Waals surface area contributed by atoms with E-state index in [-0.39, 0.29) is 11.3 Å². The minimum Gasteiger partial charge on any atom is -0.593 e. The number of rotatable bonds is 8. The number of hydrogen-bond donors (Lipinski definition) is 3. The molecule has 8 nitrogen and oxygen atoms in total. The Labute approximate surface area is 230 Å². The van der Waals surface area contributed by atoms with E-state index in [0.717, 1.165) is 41.3 Å². The fourth-order valence-electron chi connectivity index (χ4n) is 5.01. The molecule has 10 heteroatoms. The summed E-state index contributed by atoms with van der Waals surface area (Å²) in [6.07, 6.45) is 6.00. The Morgan fingerprint density at radius 1 is 1.05 bits per heavy atom. The summed E-state index contributed by atoms with van der Waals surface area (Å²) in [4.78, 5) is 13.6. The monoisotopic (exact) mass is 546 g/mol. The van der Waals surface area contributed by atoms with Crippen LogP contribution in [0.1, 0.15) is 31.2 Å². The van der Waals surface area contributed by atoms with Crippen LogP contribution < -0.4 is 20.1 Å². The van der Waals surface area contributed by atoms with E-state index in [1.54, 1.807) is 18.5 Å². The summed E-state index contributed by atoms with van der Waals surface area (Å²) in [6, 6.07) is 15.4. The zero-order chi connectivity index (χ0) is 26.8. The summed E-state index contributed by atoms with van der Waals surface area (Å²) in [5.74, 6) is 1.53. The molecule has 6 rings (SSSR count). The van der Waals surface area contributed by atoms with Crippen LogP contribution in [0.25, 0.3) is 22.0 Å². The maximum absolute atomic E-state index is 13.8. The Balaban J connectivity index is 1.30. The summed E-state index contributed by atoms with van der Waals surface area (Å²) < 4.78 is 36.4. The average Bonchev–Trinajstić information content (AvgIpc) is 2.90. The predicted molar refractivity (Wildman–Crippen MR) is 153 cm³/mol. The smallest absolute Gasteiger partial charge is 0.228 e. The Morgan fingerprint density at radius 2 is 1.90 bits per heavy atom. The van der Waals surface area contributed by atoms with Gasteiger partial charge in [-0.15, -0.1) is 0 Å². The normalized spacial score (nSPS) is 20.3. The number of halogens is 1. The first-order valence-electron chi connectivity index (χ1n) is 13.3. The number of piperidine rings is 1. The molecule has 3 atom stereocenters. The van der Waals surface area contributed by atoms with Crippen LogP contribution in [0.3, 0.4) is 0 Å². The molecule has 2 fully saturated rings. The molecular weight excluding hydrogens is 515 g/mol. The number of aromatic nitrogens is 3. The first-order chi connectivity index (χ1) is 19.0. The van der Waals surface area contributed by atoms with Crippen molar-refractivity contribution in [1.82, 2.24) is 20.3 Å². The van der Waals surface area contributed by atoms with Gasteiger partial charge in [0.2, 0.25) is 11.8 Å². The van der Waals surface area contributed by atoms with Crippen LogP contribution in [-0.4, -0.2) is 50.1 Å². The highest BCUT2D eigenvalue weighted by atomic mass is 32.2. The number of anilines is 2. The van der Waals surface area contributed by atoms with Crippen molar-refractivity contribution < 1.29 is 13.7 Å². The lowest BCUT2D eigenvalue weighted by Gasteiger charge is -2.28. The molecular formula is C29H31FN6O2S. The van der Waals surface area contributed by atoms with Crippen molar-refractivity contribution in [2.75, 3.05) is 23.1 Å². The third-order valence-corrected chi connectivity index (χ3v) is 8.78. The zero-order valence-electron chi connectivity index (χ0n) is 21.7. The third kappa shape index (κ3) is 5.63. The number of benzene rings is 2. The highest BCUT2D eigenvalue weighted by Gasteiger charge is 2.30. The van der Waals surface area contributed by atoms with Crippen LogP contribution in [0.5, 0.6) is 11.6 Å². The largest absolute Gasteiger partial charge is 0.593 e. The Bertz CT molecular complexity index is 1470. The van der Waals surface area contributed by atoms with Gasteiger partial charge in [-0.05, 0) is 56.0 Å². The topological polar surface area (TPSA) is 107 Å². The second kappa shape index (κ2) is 11.3. The number of hydrogen-bond acceptors (Lipinski definition) is 8. The second-order valence-electron chi connectivity index (χ2n) is 10.1. The van der Waals surface area contributed by atoms with Crippen molar-refractivity contribution in [2.45, 2.75) is 50.1 Å². The molecule has 0 amide bonds. The summed E-state index contributed by atoms with van der Waals surface area (Å²) in [5, 5.41) is 8.37. The zero-order valence-corrected chi connectivity index (χ0v) is 22.5. The third-order valence-electron chi connectivity index (χ3n) is 7.28. The SMILES string of the molecule is Cc1cc(N[S+]([O-])C2CCC2)c2ccccc2c1Oc1ncccc1-c1ccnc(NC2CNCC(F)C2)n1. The molecule has 3 N–H and O–H groups in total. The van der Waals surface area contributed by atoms with Gasteiger partial charge in [0, 0.05) is 48.7 Å². The molecule has 1 saturated carbocycles. The molecule has 3 unspecified atom stereocenters. The minimum atomic E-state index is -1.12. The Morgan fingerprint density at radius 3 is 2.69 bits per heavy atom. The lowest BCUT2D eigenvalue weighted by atomic mass is 10.0. The number of nitrogens with one attached hydrogen (secondary N) is 3. The van der Waals surface area contributed by atoms with Gasteiger partial charge in [-0.2, -0.15) is 0 Å². The average molecular weight is 547 g/mol. The summed E-state index contributed by atoms with van der Waals surface area (Å²) >= 11 is -1.12. The maximum atomic E-state index is 13.8. The molecule has 0 spiro atoms. The van der Waals surface area contributed by atoms with E-state index in [4.69, 9.17) is 4.74 Å². The molecule has 2 aromatic carbocycles. The number of ether oxygens (including phenoxy) is 1. The van der Waals surface area contributed by atoms with E-state index in [1.807, 2.05) is 49.4 Å². The fraction of sp³-hybridized carbons (Fsp3) is 0.345. The number of nitrogens with zero attached hydrogens (tertiary/aromatic N) is 3. The number of aryl methyl sites for hydroxylation is 1. The summed E-state index contributed by atoms with van der Waals surface area (Å²) in [5.41, 5.74) is 3.09. The first-order valence-corrected chi connectivity index (χ1v) is 14.5. The van der Waals surface area contributed by atoms with Crippen LogP contribution in [0.15, 0.2) is 60.9 Å². The van der Waals surface area contributed by atoms with Crippen molar-refractivity contribution in [3.63, 3.8) is 0 Å². The summed E-state index contributed by atoms with van der Waals surface area (Å²) in [7, 11) is 0. The maximum Gasteiger partial charge on any atom is 0.228 e. The molecule has 0 bridgehead atoms. The van der Waals surface area contributed by atoms with Gasteiger partial charge < -0.3 is 19.9 Å². The van der Waals surface area contributed by atoms with Gasteiger partial charge in [0.1, 0.15) is 17.2 Å². The number of pyridine rings is 1. The molecule has 1 aliphatic carbocycles. The van der Waals surface area contributed by atoms with Gasteiger partial charge in [-0.25, -0.2) is 24.1 Å². The Hall–Kier alpha value is -3.47. The molecule has 202 valence electrons. The van der Waals surface area contributed by atoms with Crippen LogP contribution in [0.2, 0.25) is 0 Å². The highest BCUT2D eigenvalue weighted by Crippen LogP contribution is 2.40. The lowest BCUT2D eigenvalue weighted by Crippen LogP contribution is -2.44. The van der Waals surface area contributed by atoms with Gasteiger partial charge in [0.25, 0.3) is 0 Å². The predicted octanol–water partition coefficient (Wildman–Crippen LogP) is 5.53. The molecule has 0 radical (unpaired) electrons. The van der Waals surface area contributed by atoms with E-state index < -0.39 is 17.5 Å². The molecule has 1 saturated heterocycles.